The number of nitrogen functional groups attached to an aromatic ring is 5. The van der Waals surface area contributed by atoms with Crippen molar-refractivity contribution in [2.75, 3.05) is 68.3 Å². The molecule has 55 nitrogen and oxygen atoms in total. The highest BCUT2D eigenvalue weighted by atomic mass is 32.5. The van der Waals surface area contributed by atoms with Crippen LogP contribution in [0.2, 0.25) is 0 Å². The number of pyridine rings is 3. The molecule has 19 N–H and O–H groups in total. The number of halogens is 6. The lowest BCUT2D eigenvalue weighted by Crippen LogP contribution is -2.34. The van der Waals surface area contributed by atoms with Crippen LogP contribution in [-0.4, -0.2) is 292 Å². The number of hydrogen-bond donors (Lipinski definition) is 14. The van der Waals surface area contributed by atoms with E-state index in [4.69, 9.17) is 182 Å². The van der Waals surface area contributed by atoms with E-state index in [1.54, 1.807) is 0 Å². The molecule has 0 saturated carbocycles. The van der Waals surface area contributed by atoms with E-state index in [1.807, 2.05) is 0 Å². The summed E-state index contributed by atoms with van der Waals surface area (Å²) in [5.74, 6) is -0.588. The Hall–Kier alpha value is -7.71. The Bertz CT molecular complexity index is 6820. The molecule has 30 atom stereocenters. The minimum Gasteiger partial charge on any atom is -0.397 e. The molecule has 6 unspecified atom stereocenters. The van der Waals surface area contributed by atoms with Gasteiger partial charge in [-0.2, -0.15) is 19.3 Å². The Morgan fingerprint density at radius 3 is 0.948 bits per heavy atom. The fraction of sp³-hybridized carbons (Fsp3) is 0.492. The maximum atomic E-state index is 16.0. The summed E-state index contributed by atoms with van der Waals surface area (Å²) in [5.41, 5.74) is 28.5. The van der Waals surface area contributed by atoms with Crippen LogP contribution in [0, 0.1) is 0 Å². The number of aromatic amines is 3. The van der Waals surface area contributed by atoms with E-state index in [0.29, 0.717) is 11.2 Å². The Labute approximate surface area is 769 Å². The summed E-state index contributed by atoms with van der Waals surface area (Å²) in [5, 5.41) is 15.1. The summed E-state index contributed by atoms with van der Waals surface area (Å²) in [6.07, 6.45) is -29.2. The third-order valence-electron chi connectivity index (χ3n) is 21.7. The van der Waals surface area contributed by atoms with Crippen molar-refractivity contribution in [2.45, 2.75) is 148 Å². The third-order valence-corrected chi connectivity index (χ3v) is 31.0. The van der Waals surface area contributed by atoms with Crippen molar-refractivity contribution < 1.29 is 138 Å². The van der Waals surface area contributed by atoms with E-state index in [0.717, 1.165) is 15.7 Å². The lowest BCUT2D eigenvalue weighted by atomic mass is 10.1. The van der Waals surface area contributed by atoms with Crippen LogP contribution in [0.5, 0.6) is 0 Å². The van der Waals surface area contributed by atoms with E-state index in [-0.39, 0.29) is 84.7 Å². The van der Waals surface area contributed by atoms with Gasteiger partial charge in [0.2, 0.25) is 11.9 Å². The van der Waals surface area contributed by atoms with Crippen LogP contribution in [0.15, 0.2) is 82.8 Å². The maximum Gasteiger partial charge on any atom is 0.325 e. The molecule has 9 aliphatic rings. The molecule has 21 heterocycles. The van der Waals surface area contributed by atoms with Crippen molar-refractivity contribution >= 4 is 207 Å². The van der Waals surface area contributed by atoms with Gasteiger partial charge in [0, 0.05) is 18.6 Å². The molecule has 73 heteroatoms. The van der Waals surface area contributed by atoms with E-state index in [1.165, 1.54) is 80.4 Å². The number of nitrogens with two attached hydrogens (primary N) is 5. The predicted octanol–water partition coefficient (Wildman–Crippen LogP) is 0.560. The normalized spacial score (nSPS) is 37.9. The molecule has 12 aromatic rings. The van der Waals surface area contributed by atoms with Gasteiger partial charge in [-0.25, -0.2) is 66.2 Å². The summed E-state index contributed by atoms with van der Waals surface area (Å²) in [7, 11) is 0. The molecular weight excluding hydrogens is 2050 g/mol. The first-order valence-corrected chi connectivity index (χ1v) is 54.1. The standard InChI is InChI=1S/C21H22F2N8O9P2S2.2C20H22F2N10O9P2S2/c22-11-9-3-35-41(33,43)39-15-10(38-20(12(15)23)30-6-28-13-8(24)1-2-25-17(13)30)4-36-42(34,44)40-16(11)21(37-9)31-7-29-14-18(31)26-5-27-19(14)32;2*21-9-7-3-36-42(34,44)40-13-8(39-18(10(13)22)31-5-26-11-6(23)1-2-25-15(11)31)4-37-43(35,45)41-14(9)19(38-7)32-16-12(29-30-32)17(33)28-20(24)27-16/h1-2,5-7,9-12,15-16,20-21H,3-4H2,(H2,24,25)(H,33,43)(H,34,44)(H,26,27,32);2*1-2,5,7-10,13-14,18-19H,3-4H2,(H2,23,25)(H,34,44)(H,35,45)(H3,24,27,28,33)/t9-,10-,11+,12+,15-,16-,20-,21-,41?,42?;2*7-,8-,9+,10+,13-,14-,18-,19-,42?,43?/m111/s1. The quantitative estimate of drug-likeness (QED) is 0.0799. The SMILES string of the molecule is Nc1ccnc2c1ncn2[C@@H]1O[C@@H]2COP(O)(=S)O[C@@H]3[C@@H](F)[C@@H](COP(O)(=S)O[C@H]2[C@@H]1F)O[C@H]3n1cnc2c(=O)[nH]cnc21.Nc1nc2c(nnn2[C@@H]2O[C@@H]3COP(O)(=S)O[C@H]4[C@H](F)[C@H](n5cnc6c(N)ccnc65)O[C@@H]4COP(O)(=S)O[C@@H]2[C@H]3F)c(=O)[nH]1.Nc1nc2c(nnn2[C@@H]2O[C@@H]3COP(O)(=S)O[C@H]4[C@H](F)[C@H](n5cnc6c(N)ccnc65)O[C@@H]4COP(O)(=S)O[C@@H]2[C@H]3F)c(=O)[nH]1. The number of nitrogens with one attached hydrogen (secondary N) is 3. The summed E-state index contributed by atoms with van der Waals surface area (Å²) in [4.78, 5) is 150. The first kappa shape index (κ1) is 95.2. The van der Waals surface area contributed by atoms with Gasteiger partial charge < -0.3 is 119 Å². The zero-order valence-corrected chi connectivity index (χ0v) is 76.7. The average Bonchev–Trinajstić information content (AvgIpc) is 1.62. The van der Waals surface area contributed by atoms with E-state index in [9.17, 15) is 43.7 Å². The van der Waals surface area contributed by atoms with Crippen molar-refractivity contribution in [3.63, 3.8) is 0 Å². The summed E-state index contributed by atoms with van der Waals surface area (Å²) < 4.78 is 203. The van der Waals surface area contributed by atoms with Crippen LogP contribution in [0.25, 0.3) is 67.0 Å². The number of anilines is 5. The first-order valence-electron chi connectivity index (χ1n) is 38.6. The van der Waals surface area contributed by atoms with E-state index >= 15 is 26.3 Å². The number of H-pyrrole nitrogens is 3. The van der Waals surface area contributed by atoms with Crippen LogP contribution >= 0.6 is 40.3 Å². The topological polar surface area (TPSA) is 726 Å². The highest BCUT2D eigenvalue weighted by Gasteiger charge is 2.59. The van der Waals surface area contributed by atoms with Crippen LogP contribution in [0.4, 0.5) is 55.3 Å². The Kier molecular flexibility index (Phi) is 25.9. The molecule has 21 rings (SSSR count). The largest absolute Gasteiger partial charge is 0.397 e. The van der Waals surface area contributed by atoms with Gasteiger partial charge in [-0.15, -0.1) is 10.2 Å². The summed E-state index contributed by atoms with van der Waals surface area (Å²) >= 11 is 30.8. The van der Waals surface area contributed by atoms with E-state index in [2.05, 4.69) is 85.4 Å². The smallest absolute Gasteiger partial charge is 0.325 e. The van der Waals surface area contributed by atoms with Crippen LogP contribution in [0.1, 0.15) is 37.4 Å². The molecular formula is C61H66F6N28O27P6S6. The molecule has 9 aliphatic heterocycles. The second kappa shape index (κ2) is 36.5. The zero-order chi connectivity index (χ0) is 94.6. The fourth-order valence-electron chi connectivity index (χ4n) is 15.6. The van der Waals surface area contributed by atoms with Crippen molar-refractivity contribution in [3.05, 3.63) is 99.5 Å². The zero-order valence-electron chi connectivity index (χ0n) is 66.4. The van der Waals surface area contributed by atoms with Crippen LogP contribution in [-0.2, 0) is 154 Å². The van der Waals surface area contributed by atoms with Crippen molar-refractivity contribution in [3.8, 4) is 0 Å². The summed E-state index contributed by atoms with van der Waals surface area (Å²) in [6, 6.07) is 4.56. The third kappa shape index (κ3) is 18.4. The number of ether oxygens (including phenoxy) is 6. The summed E-state index contributed by atoms with van der Waals surface area (Å²) in [6.45, 7) is -30.0. The fourth-order valence-corrected chi connectivity index (χ4v) is 24.1. The van der Waals surface area contributed by atoms with Gasteiger partial charge in [-0.1, -0.05) is 10.4 Å². The van der Waals surface area contributed by atoms with Gasteiger partial charge in [0.1, 0.15) is 89.8 Å². The maximum absolute atomic E-state index is 16.0. The number of fused-ring (bicyclic) bond motifs is 15. The van der Waals surface area contributed by atoms with E-state index < -0.39 is 244 Å². The number of nitrogens with zero attached hydrogens (tertiary/aromatic N) is 20. The molecule has 0 aromatic carbocycles. The number of aromatic nitrogens is 23. The van der Waals surface area contributed by atoms with Gasteiger partial charge >= 0.3 is 40.3 Å². The second-order valence-corrected chi connectivity index (χ2v) is 46.8. The molecule has 6 bridgehead atoms. The monoisotopic (exact) mass is 2110 g/mol. The molecule has 0 aliphatic carbocycles. The Balaban J connectivity index is 0.000000129. The molecule has 0 amide bonds. The van der Waals surface area contributed by atoms with Crippen molar-refractivity contribution in [1.82, 2.24) is 113 Å². The number of hydrogen-bond acceptors (Lipinski definition) is 46. The lowest BCUT2D eigenvalue weighted by Gasteiger charge is -2.27. The minimum atomic E-state index is -4.37. The predicted molar refractivity (Wildman–Crippen MR) is 461 cm³/mol. The molecule has 720 valence electrons. The Morgan fingerprint density at radius 2 is 0.612 bits per heavy atom. The van der Waals surface area contributed by atoms with Gasteiger partial charge in [-0.3, -0.25) is 69.8 Å². The van der Waals surface area contributed by atoms with Crippen LogP contribution < -0.4 is 45.3 Å². The lowest BCUT2D eigenvalue weighted by molar-refractivity contribution is -0.0639. The highest BCUT2D eigenvalue weighted by Crippen LogP contribution is 2.60. The second-order valence-electron chi connectivity index (χ2n) is 30.1. The molecule has 9 fully saturated rings. The molecule has 9 saturated heterocycles. The van der Waals surface area contributed by atoms with Gasteiger partial charge in [0.15, 0.2) is 125 Å². The van der Waals surface area contributed by atoms with Gasteiger partial charge in [0.25, 0.3) is 16.7 Å². The number of imidazole rings is 4. The average molecular weight is 2120 g/mol. The van der Waals surface area contributed by atoms with Crippen LogP contribution in [0.3, 0.4) is 0 Å². The highest BCUT2D eigenvalue weighted by molar-refractivity contribution is 8.08. The Morgan fingerprint density at radius 1 is 0.336 bits per heavy atom. The van der Waals surface area contributed by atoms with Gasteiger partial charge in [0.05, 0.1) is 88.3 Å². The van der Waals surface area contributed by atoms with Crippen molar-refractivity contribution in [2.24, 2.45) is 0 Å². The molecule has 12 aromatic heterocycles. The molecule has 134 heavy (non-hydrogen) atoms. The van der Waals surface area contributed by atoms with Gasteiger partial charge in [-0.05, 0) is 89.0 Å². The van der Waals surface area contributed by atoms with Crippen molar-refractivity contribution in [1.29, 1.82) is 0 Å². The molecule has 0 spiro atoms. The number of alkyl halides is 6. The minimum absolute atomic E-state index is 0.0236. The first-order chi connectivity index (χ1) is 63.6. The number of rotatable bonds is 6. The molecule has 0 radical (unpaired) electrons.